The Morgan fingerprint density at radius 1 is 1.32 bits per heavy atom. The van der Waals surface area contributed by atoms with Crippen LogP contribution >= 0.6 is 0 Å². The van der Waals surface area contributed by atoms with Crippen LogP contribution in [-0.4, -0.2) is 45.2 Å². The van der Waals surface area contributed by atoms with Crippen LogP contribution in [0.1, 0.15) is 22.5 Å². The van der Waals surface area contributed by atoms with Crippen LogP contribution in [0.5, 0.6) is 0 Å². The Bertz CT molecular complexity index is 706. The predicted octanol–water partition coefficient (Wildman–Crippen LogP) is 1.93. The van der Waals surface area contributed by atoms with E-state index in [1.54, 1.807) is 11.0 Å². The molecule has 1 aromatic carbocycles. The maximum absolute atomic E-state index is 12.4. The number of carbonyl (C=O) groups is 2. The molecule has 2 aromatic rings. The fourth-order valence-electron chi connectivity index (χ4n) is 2.62. The topological polar surface area (TPSA) is 86.3 Å². The Morgan fingerprint density at radius 3 is 2.68 bits per heavy atom. The molecule has 6 heteroatoms. The normalized spacial score (nSPS) is 17.7. The number of carboxylic acids is 1. The predicted molar refractivity (Wildman–Crippen MR) is 80.4 cm³/mol. The van der Waals surface area contributed by atoms with Crippen LogP contribution in [0.2, 0.25) is 0 Å². The number of likely N-dealkylation sites (tertiary alicyclic amines) is 1. The third kappa shape index (κ3) is 2.72. The number of aromatic nitrogens is 2. The molecule has 1 amide bonds. The van der Waals surface area contributed by atoms with Crippen molar-refractivity contribution in [3.05, 3.63) is 41.6 Å². The largest absolute Gasteiger partial charge is 0.481 e. The molecule has 2 heterocycles. The molecule has 0 radical (unpaired) electrons. The molecule has 1 aromatic heterocycles. The number of H-pyrrole nitrogens is 1. The number of carboxylic acid groups (broad SMARTS) is 1. The van der Waals surface area contributed by atoms with Crippen LogP contribution in [0.4, 0.5) is 0 Å². The quantitative estimate of drug-likeness (QED) is 0.906. The van der Waals surface area contributed by atoms with Gasteiger partial charge in [-0.15, -0.1) is 0 Å². The van der Waals surface area contributed by atoms with Crippen LogP contribution in [0.25, 0.3) is 11.3 Å². The first-order valence-corrected chi connectivity index (χ1v) is 7.19. The lowest BCUT2D eigenvalue weighted by molar-refractivity contribution is -0.141. The van der Waals surface area contributed by atoms with Crippen molar-refractivity contribution in [3.63, 3.8) is 0 Å². The van der Waals surface area contributed by atoms with Crippen molar-refractivity contribution in [2.45, 2.75) is 13.3 Å². The van der Waals surface area contributed by atoms with E-state index in [1.165, 1.54) is 0 Å². The van der Waals surface area contributed by atoms with Crippen molar-refractivity contribution in [2.24, 2.45) is 5.92 Å². The van der Waals surface area contributed by atoms with Gasteiger partial charge in [0.2, 0.25) is 0 Å². The van der Waals surface area contributed by atoms with E-state index in [-0.39, 0.29) is 12.5 Å². The fraction of sp³-hybridized carbons (Fsp3) is 0.312. The summed E-state index contributed by atoms with van der Waals surface area (Å²) in [5.74, 6) is -1.52. The molecular weight excluding hydrogens is 282 g/mol. The second-order valence-corrected chi connectivity index (χ2v) is 5.61. The second kappa shape index (κ2) is 5.63. The van der Waals surface area contributed by atoms with Gasteiger partial charge in [0.05, 0.1) is 11.6 Å². The van der Waals surface area contributed by atoms with E-state index >= 15 is 0 Å². The van der Waals surface area contributed by atoms with Crippen molar-refractivity contribution in [1.29, 1.82) is 0 Å². The van der Waals surface area contributed by atoms with Gasteiger partial charge in [-0.2, -0.15) is 5.10 Å². The molecule has 0 spiro atoms. The summed E-state index contributed by atoms with van der Waals surface area (Å²) in [5, 5.41) is 15.9. The summed E-state index contributed by atoms with van der Waals surface area (Å²) >= 11 is 0. The van der Waals surface area contributed by atoms with Crippen LogP contribution in [-0.2, 0) is 4.79 Å². The lowest BCUT2D eigenvalue weighted by atomic mass is 10.1. The highest BCUT2D eigenvalue weighted by molar-refractivity contribution is 5.94. The zero-order chi connectivity index (χ0) is 15.7. The van der Waals surface area contributed by atoms with E-state index in [2.05, 4.69) is 10.2 Å². The van der Waals surface area contributed by atoms with Crippen LogP contribution in [0.15, 0.2) is 30.3 Å². The van der Waals surface area contributed by atoms with Crippen molar-refractivity contribution in [3.8, 4) is 11.3 Å². The summed E-state index contributed by atoms with van der Waals surface area (Å²) < 4.78 is 0. The zero-order valence-electron chi connectivity index (χ0n) is 12.2. The van der Waals surface area contributed by atoms with Gasteiger partial charge in [0, 0.05) is 18.7 Å². The number of benzene rings is 1. The van der Waals surface area contributed by atoms with Gasteiger partial charge in [0.1, 0.15) is 5.69 Å². The summed E-state index contributed by atoms with van der Waals surface area (Å²) in [6, 6.07) is 9.60. The highest BCUT2D eigenvalue weighted by Gasteiger charge is 2.31. The maximum Gasteiger partial charge on any atom is 0.308 e. The molecule has 114 valence electrons. The van der Waals surface area contributed by atoms with Gasteiger partial charge in [0.25, 0.3) is 5.91 Å². The SMILES string of the molecule is Cc1ccc(-c2cc(C(=O)N3CCC(C(=O)O)C3)[nH]n2)cc1. The smallest absolute Gasteiger partial charge is 0.308 e. The summed E-state index contributed by atoms with van der Waals surface area (Å²) in [4.78, 5) is 24.9. The Kier molecular flexibility index (Phi) is 3.66. The number of aromatic amines is 1. The zero-order valence-corrected chi connectivity index (χ0v) is 12.2. The first kappa shape index (κ1) is 14.3. The minimum absolute atomic E-state index is 0.199. The third-order valence-corrected chi connectivity index (χ3v) is 3.98. The van der Waals surface area contributed by atoms with Crippen LogP contribution < -0.4 is 0 Å². The third-order valence-electron chi connectivity index (χ3n) is 3.98. The molecule has 1 fully saturated rings. The Morgan fingerprint density at radius 2 is 2.05 bits per heavy atom. The Balaban J connectivity index is 1.75. The number of aryl methyl sites for hydroxylation is 1. The molecule has 1 saturated heterocycles. The Labute approximate surface area is 127 Å². The number of hydrogen-bond donors (Lipinski definition) is 2. The number of carbonyl (C=O) groups excluding carboxylic acids is 1. The van der Waals surface area contributed by atoms with Crippen molar-refractivity contribution >= 4 is 11.9 Å². The molecule has 2 N–H and O–H groups in total. The highest BCUT2D eigenvalue weighted by atomic mass is 16.4. The molecule has 1 unspecified atom stereocenters. The van der Waals surface area contributed by atoms with E-state index in [1.807, 2.05) is 31.2 Å². The average Bonchev–Trinajstić information content (AvgIpc) is 3.17. The maximum atomic E-state index is 12.4. The molecular formula is C16H17N3O3. The molecule has 1 atom stereocenters. The monoisotopic (exact) mass is 299 g/mol. The molecule has 6 nitrogen and oxygen atoms in total. The lowest BCUT2D eigenvalue weighted by Gasteiger charge is -2.13. The average molecular weight is 299 g/mol. The van der Waals surface area contributed by atoms with Gasteiger partial charge < -0.3 is 10.0 Å². The molecule has 1 aliphatic heterocycles. The second-order valence-electron chi connectivity index (χ2n) is 5.61. The first-order chi connectivity index (χ1) is 10.5. The van der Waals surface area contributed by atoms with E-state index in [4.69, 9.17) is 5.11 Å². The number of rotatable bonds is 3. The standard InChI is InChI=1S/C16H17N3O3/c1-10-2-4-11(5-3-10)13-8-14(18-17-13)15(20)19-7-6-12(9-19)16(21)22/h2-5,8,12H,6-7,9H2,1H3,(H,17,18)(H,21,22). The number of nitrogens with zero attached hydrogens (tertiary/aromatic N) is 2. The molecule has 22 heavy (non-hydrogen) atoms. The number of nitrogens with one attached hydrogen (secondary N) is 1. The fourth-order valence-corrected chi connectivity index (χ4v) is 2.62. The van der Waals surface area contributed by atoms with E-state index in [0.717, 1.165) is 11.1 Å². The van der Waals surface area contributed by atoms with Gasteiger partial charge in [-0.3, -0.25) is 14.7 Å². The number of amides is 1. The number of aliphatic carboxylic acids is 1. The van der Waals surface area contributed by atoms with E-state index in [0.29, 0.717) is 24.4 Å². The summed E-state index contributed by atoms with van der Waals surface area (Å²) in [5.41, 5.74) is 3.19. The summed E-state index contributed by atoms with van der Waals surface area (Å²) in [6.07, 6.45) is 0.500. The minimum Gasteiger partial charge on any atom is -0.481 e. The minimum atomic E-state index is -0.847. The van der Waals surface area contributed by atoms with E-state index in [9.17, 15) is 9.59 Å². The van der Waals surface area contributed by atoms with Gasteiger partial charge >= 0.3 is 5.97 Å². The lowest BCUT2D eigenvalue weighted by Crippen LogP contribution is -2.30. The van der Waals surface area contributed by atoms with Gasteiger partial charge in [-0.25, -0.2) is 0 Å². The van der Waals surface area contributed by atoms with Gasteiger partial charge in [-0.1, -0.05) is 29.8 Å². The Hall–Kier alpha value is -2.63. The van der Waals surface area contributed by atoms with Crippen molar-refractivity contribution < 1.29 is 14.7 Å². The van der Waals surface area contributed by atoms with Crippen LogP contribution in [0.3, 0.4) is 0 Å². The molecule has 0 aliphatic carbocycles. The van der Waals surface area contributed by atoms with Crippen molar-refractivity contribution in [1.82, 2.24) is 15.1 Å². The first-order valence-electron chi connectivity index (χ1n) is 7.19. The molecule has 0 saturated carbocycles. The van der Waals surface area contributed by atoms with Crippen molar-refractivity contribution in [2.75, 3.05) is 13.1 Å². The molecule has 1 aliphatic rings. The van der Waals surface area contributed by atoms with Crippen LogP contribution in [0, 0.1) is 12.8 Å². The molecule has 0 bridgehead atoms. The summed E-state index contributed by atoms with van der Waals surface area (Å²) in [6.45, 7) is 2.73. The summed E-state index contributed by atoms with van der Waals surface area (Å²) in [7, 11) is 0. The highest BCUT2D eigenvalue weighted by Crippen LogP contribution is 2.21. The molecule has 3 rings (SSSR count). The van der Waals surface area contributed by atoms with Gasteiger partial charge in [0.15, 0.2) is 0 Å². The van der Waals surface area contributed by atoms with E-state index < -0.39 is 11.9 Å². The number of hydrogen-bond acceptors (Lipinski definition) is 3. The van der Waals surface area contributed by atoms with Gasteiger partial charge in [-0.05, 0) is 19.4 Å².